The van der Waals surface area contributed by atoms with Crippen LogP contribution in [0.1, 0.15) is 50.7 Å². The molecule has 10 nitrogen and oxygen atoms in total. The second-order valence-corrected chi connectivity index (χ2v) is 11.2. The number of carbonyl (C=O) groups excluding carboxylic acids is 1. The van der Waals surface area contributed by atoms with Crippen molar-refractivity contribution in [3.05, 3.63) is 59.5 Å². The number of anilines is 1. The number of benzene rings is 2. The minimum atomic E-state index is -3.71. The zero-order valence-electron chi connectivity index (χ0n) is 21.7. The number of hydrogen-bond acceptors (Lipinski definition) is 7. The molecule has 0 unspecified atom stereocenters. The van der Waals surface area contributed by atoms with Crippen molar-refractivity contribution in [2.45, 2.75) is 69.8 Å². The molecule has 0 saturated heterocycles. The summed E-state index contributed by atoms with van der Waals surface area (Å²) in [6.45, 7) is 6.64. The summed E-state index contributed by atoms with van der Waals surface area (Å²) in [5.74, 6) is 0.104. The van der Waals surface area contributed by atoms with Crippen molar-refractivity contribution in [1.82, 2.24) is 25.2 Å². The Kier molecular flexibility index (Phi) is 5.65. The third kappa shape index (κ3) is 4.69. The third-order valence-corrected chi connectivity index (χ3v) is 7.27. The fraction of sp³-hybridized carbons (Fsp3) is 0.407. The first kappa shape index (κ1) is 25.2. The highest BCUT2D eigenvalue weighted by molar-refractivity contribution is 6.02. The largest absolute Gasteiger partial charge is 0.586 e. The summed E-state index contributed by atoms with van der Waals surface area (Å²) in [4.78, 5) is 13.4. The molecule has 2 aliphatic rings. The summed E-state index contributed by atoms with van der Waals surface area (Å²) in [6.07, 6.45) is -2.98. The molecule has 1 amide bonds. The highest BCUT2D eigenvalue weighted by Crippen LogP contribution is 2.52. The van der Waals surface area contributed by atoms with Crippen molar-refractivity contribution in [2.75, 3.05) is 5.32 Å². The van der Waals surface area contributed by atoms with Crippen molar-refractivity contribution in [3.63, 3.8) is 0 Å². The van der Waals surface area contributed by atoms with E-state index < -0.39 is 17.8 Å². The van der Waals surface area contributed by atoms with Crippen LogP contribution in [-0.2, 0) is 28.6 Å². The molecule has 1 fully saturated rings. The zero-order valence-corrected chi connectivity index (χ0v) is 21.7. The monoisotopic (exact) mass is 538 g/mol. The molecule has 3 heterocycles. The molecule has 6 rings (SSSR count). The number of H-pyrrole nitrogens is 1. The summed E-state index contributed by atoms with van der Waals surface area (Å²) in [5, 5.41) is 28.5. The van der Waals surface area contributed by atoms with Gasteiger partial charge >= 0.3 is 6.29 Å². The number of carbonyl (C=O) groups is 1. The molecule has 204 valence electrons. The molecule has 1 atom stereocenters. The van der Waals surface area contributed by atoms with Crippen LogP contribution in [-0.4, -0.2) is 48.6 Å². The second-order valence-electron chi connectivity index (χ2n) is 11.2. The smallest absolute Gasteiger partial charge is 0.395 e. The first-order valence-electron chi connectivity index (χ1n) is 12.7. The maximum atomic E-state index is 13.5. The number of amides is 1. The van der Waals surface area contributed by atoms with E-state index in [1.165, 1.54) is 12.1 Å². The predicted octanol–water partition coefficient (Wildman–Crippen LogP) is 4.05. The predicted molar refractivity (Wildman–Crippen MR) is 137 cm³/mol. The van der Waals surface area contributed by atoms with Crippen LogP contribution >= 0.6 is 0 Å². The number of tetrazole rings is 1. The lowest BCUT2D eigenvalue weighted by Gasteiger charge is -2.23. The van der Waals surface area contributed by atoms with Crippen molar-refractivity contribution >= 4 is 22.5 Å². The Labute approximate surface area is 222 Å². The van der Waals surface area contributed by atoms with Crippen LogP contribution in [0.5, 0.6) is 11.5 Å². The van der Waals surface area contributed by atoms with Gasteiger partial charge in [-0.25, -0.2) is 0 Å². The van der Waals surface area contributed by atoms with Crippen LogP contribution in [0.4, 0.5) is 14.5 Å². The van der Waals surface area contributed by atoms with E-state index in [9.17, 15) is 18.7 Å². The molecule has 4 aromatic rings. The number of alkyl halides is 2. The molecule has 1 aliphatic heterocycles. The molecule has 1 saturated carbocycles. The van der Waals surface area contributed by atoms with Gasteiger partial charge in [-0.2, -0.15) is 5.21 Å². The standard InChI is InChI=1S/C27H28F2N6O4/c1-25(2,3)22-11-15-10-17(5-6-19(15)35(22)14-18(36)13-23-31-33-34-32-23)30-24(37)26(8-9-26)16-4-7-20-21(12-16)39-27(28,29)38-20/h4-7,10-12,18,36H,8-9,13-14H2,1-3H3,(H,30,37)(H,31,32,33,34)/t18-/m1/s1. The molecule has 0 spiro atoms. The quantitative estimate of drug-likeness (QED) is 0.324. The lowest BCUT2D eigenvalue weighted by Crippen LogP contribution is -2.28. The van der Waals surface area contributed by atoms with Crippen LogP contribution < -0.4 is 14.8 Å². The maximum absolute atomic E-state index is 13.5. The number of aromatic nitrogens is 5. The third-order valence-electron chi connectivity index (χ3n) is 7.27. The lowest BCUT2D eigenvalue weighted by molar-refractivity contribution is -0.286. The molecule has 39 heavy (non-hydrogen) atoms. The Balaban J connectivity index is 1.24. The number of rotatable bonds is 7. The van der Waals surface area contributed by atoms with E-state index in [-0.39, 0.29) is 29.2 Å². The van der Waals surface area contributed by atoms with Crippen LogP contribution in [0.15, 0.2) is 42.5 Å². The number of nitrogens with one attached hydrogen (secondary N) is 2. The van der Waals surface area contributed by atoms with Crippen LogP contribution in [0.25, 0.3) is 10.9 Å². The van der Waals surface area contributed by atoms with E-state index in [2.05, 4.69) is 66.8 Å². The summed E-state index contributed by atoms with van der Waals surface area (Å²) in [5.41, 5.74) is 2.16. The molecule has 12 heteroatoms. The molecule has 2 aromatic carbocycles. The number of aliphatic hydroxyl groups is 1. The van der Waals surface area contributed by atoms with E-state index in [1.807, 2.05) is 18.2 Å². The molecule has 0 bridgehead atoms. The topological polar surface area (TPSA) is 127 Å². The number of hydrogen-bond donors (Lipinski definition) is 3. The highest BCUT2D eigenvalue weighted by atomic mass is 19.3. The second kappa shape index (κ2) is 8.73. The Morgan fingerprint density at radius 3 is 2.62 bits per heavy atom. The fourth-order valence-electron chi connectivity index (χ4n) is 5.19. The van der Waals surface area contributed by atoms with Gasteiger partial charge in [0.25, 0.3) is 0 Å². The number of fused-ring (bicyclic) bond motifs is 2. The van der Waals surface area contributed by atoms with Crippen LogP contribution in [0.3, 0.4) is 0 Å². The zero-order chi connectivity index (χ0) is 27.6. The van der Waals surface area contributed by atoms with Gasteiger partial charge in [-0.05, 0) is 54.8 Å². The number of aliphatic hydroxyl groups excluding tert-OH is 1. The molecule has 3 N–H and O–H groups in total. The van der Waals surface area contributed by atoms with Crippen LogP contribution in [0, 0.1) is 0 Å². The molecular weight excluding hydrogens is 510 g/mol. The Bertz CT molecular complexity index is 1560. The van der Waals surface area contributed by atoms with Gasteiger partial charge in [0.05, 0.1) is 11.5 Å². The van der Waals surface area contributed by atoms with Crippen molar-refractivity contribution in [3.8, 4) is 11.5 Å². The molecular formula is C27H28F2N6O4. The highest BCUT2D eigenvalue weighted by Gasteiger charge is 2.52. The molecule has 1 aliphatic carbocycles. The van der Waals surface area contributed by atoms with Gasteiger partial charge in [0.15, 0.2) is 17.3 Å². The first-order valence-corrected chi connectivity index (χ1v) is 12.7. The normalized spacial score (nSPS) is 17.8. The summed E-state index contributed by atoms with van der Waals surface area (Å²) in [6, 6.07) is 12.2. The fourth-order valence-corrected chi connectivity index (χ4v) is 5.19. The Morgan fingerprint density at radius 1 is 1.15 bits per heavy atom. The lowest BCUT2D eigenvalue weighted by atomic mass is 9.92. The first-order chi connectivity index (χ1) is 18.4. The Morgan fingerprint density at radius 2 is 1.92 bits per heavy atom. The van der Waals surface area contributed by atoms with Gasteiger partial charge in [-0.3, -0.25) is 4.79 Å². The van der Waals surface area contributed by atoms with Gasteiger partial charge in [0.2, 0.25) is 5.91 Å². The summed E-state index contributed by atoms with van der Waals surface area (Å²) in [7, 11) is 0. The van der Waals surface area contributed by atoms with E-state index in [0.29, 0.717) is 36.5 Å². The average molecular weight is 539 g/mol. The van der Waals surface area contributed by atoms with Crippen molar-refractivity contribution in [1.29, 1.82) is 0 Å². The minimum absolute atomic E-state index is 0.0491. The van der Waals surface area contributed by atoms with E-state index >= 15 is 0 Å². The average Bonchev–Trinajstić information content (AvgIpc) is 3.18. The van der Waals surface area contributed by atoms with Gasteiger partial charge in [-0.15, -0.1) is 19.0 Å². The minimum Gasteiger partial charge on any atom is -0.395 e. The van der Waals surface area contributed by atoms with Gasteiger partial charge < -0.3 is 24.5 Å². The maximum Gasteiger partial charge on any atom is 0.586 e. The Hall–Kier alpha value is -4.06. The molecule has 2 aromatic heterocycles. The number of halogens is 2. The number of ether oxygens (including phenoxy) is 2. The van der Waals surface area contributed by atoms with E-state index in [1.54, 1.807) is 6.07 Å². The van der Waals surface area contributed by atoms with E-state index in [0.717, 1.165) is 16.6 Å². The summed E-state index contributed by atoms with van der Waals surface area (Å²) < 4.78 is 38.1. The van der Waals surface area contributed by atoms with Gasteiger partial charge in [0, 0.05) is 40.7 Å². The molecule has 0 radical (unpaired) electrons. The SMILES string of the molecule is CC(C)(C)c1cc2cc(NC(=O)C3(c4ccc5c(c4)OC(F)(F)O5)CC3)ccc2n1C[C@H](O)Cc1nn[nH]n1. The number of nitrogens with zero attached hydrogens (tertiary/aromatic N) is 4. The van der Waals surface area contributed by atoms with Gasteiger partial charge in [-0.1, -0.05) is 32.1 Å². The van der Waals surface area contributed by atoms with Gasteiger partial charge in [0.1, 0.15) is 0 Å². The van der Waals surface area contributed by atoms with Crippen molar-refractivity contribution in [2.24, 2.45) is 0 Å². The number of aromatic amines is 1. The van der Waals surface area contributed by atoms with Crippen LogP contribution in [0.2, 0.25) is 0 Å². The van der Waals surface area contributed by atoms with Crippen molar-refractivity contribution < 1.29 is 28.2 Å². The van der Waals surface area contributed by atoms with E-state index in [4.69, 9.17) is 0 Å². The summed E-state index contributed by atoms with van der Waals surface area (Å²) >= 11 is 0.